The van der Waals surface area contributed by atoms with E-state index in [0.29, 0.717) is 18.9 Å². The SMILES string of the molecule is CS(=O)(=O)c1ccccc1C1(S(C)(=O)=O)[CH]C(Br)=CC(C(F)(C(F)(F)F)C(F)(F)F)=C1. The molecule has 0 heterocycles. The fourth-order valence-electron chi connectivity index (χ4n) is 3.08. The molecule has 1 aromatic rings. The third-order valence-corrected chi connectivity index (χ3v) is 7.81. The zero-order valence-electron chi connectivity index (χ0n) is 15.5. The van der Waals surface area contributed by atoms with Crippen LogP contribution in [0.25, 0.3) is 0 Å². The average Bonchev–Trinajstić information content (AvgIpc) is 2.56. The third-order valence-electron chi connectivity index (χ3n) is 4.52. The lowest BCUT2D eigenvalue weighted by Gasteiger charge is -2.38. The first-order chi connectivity index (χ1) is 13.7. The standard InChI is InChI=1S/C17H13BrF7O4S2/c1-30(26,27)13-6-4-3-5-12(13)14(31(2,28)29)8-10(7-11(18)9-14)15(19,16(20,21)22)17(23,24)25/h3-9H,1-2H3. The predicted molar refractivity (Wildman–Crippen MR) is 101 cm³/mol. The van der Waals surface area contributed by atoms with Gasteiger partial charge in [0.2, 0.25) is 0 Å². The maximum absolute atomic E-state index is 14.7. The molecule has 31 heavy (non-hydrogen) atoms. The molecule has 1 unspecified atom stereocenters. The summed E-state index contributed by atoms with van der Waals surface area (Å²) in [6.45, 7) is 0. The van der Waals surface area contributed by atoms with Crippen LogP contribution in [-0.4, -0.2) is 47.4 Å². The number of hydrogen-bond donors (Lipinski definition) is 0. The predicted octanol–water partition coefficient (Wildman–Crippen LogP) is 4.59. The zero-order chi connectivity index (χ0) is 24.3. The molecule has 0 spiro atoms. The summed E-state index contributed by atoms with van der Waals surface area (Å²) in [5.41, 5.74) is -8.65. The van der Waals surface area contributed by atoms with Gasteiger partial charge in [-0.05, 0) is 17.7 Å². The van der Waals surface area contributed by atoms with Gasteiger partial charge in [0.1, 0.15) is 4.75 Å². The van der Waals surface area contributed by atoms with Gasteiger partial charge in [0, 0.05) is 29.0 Å². The molecule has 0 N–H and O–H groups in total. The fraction of sp³-hybridized carbons (Fsp3) is 0.353. The third kappa shape index (κ3) is 4.30. The summed E-state index contributed by atoms with van der Waals surface area (Å²) in [5.74, 6) is 0. The summed E-state index contributed by atoms with van der Waals surface area (Å²) in [5, 5.41) is 0. The second kappa shape index (κ2) is 7.58. The summed E-state index contributed by atoms with van der Waals surface area (Å²) in [6, 6.07) is 4.16. The Hall–Kier alpha value is -1.41. The van der Waals surface area contributed by atoms with Crippen LogP contribution >= 0.6 is 15.9 Å². The van der Waals surface area contributed by atoms with Crippen molar-refractivity contribution in [3.63, 3.8) is 0 Å². The van der Waals surface area contributed by atoms with Gasteiger partial charge in [-0.25, -0.2) is 21.2 Å². The van der Waals surface area contributed by atoms with E-state index in [0.717, 1.165) is 18.2 Å². The number of halogens is 8. The molecule has 2 rings (SSSR count). The number of benzene rings is 1. The lowest BCUT2D eigenvalue weighted by molar-refractivity contribution is -0.325. The first-order valence-electron chi connectivity index (χ1n) is 7.96. The van der Waals surface area contributed by atoms with Crippen molar-refractivity contribution in [3.05, 3.63) is 58.5 Å². The monoisotopic (exact) mass is 557 g/mol. The van der Waals surface area contributed by atoms with Gasteiger partial charge in [-0.15, -0.1) is 0 Å². The van der Waals surface area contributed by atoms with E-state index in [1.165, 1.54) is 6.07 Å². The molecular weight excluding hydrogens is 545 g/mol. The van der Waals surface area contributed by atoms with E-state index in [-0.39, 0.29) is 12.2 Å². The molecule has 14 heteroatoms. The minimum Gasteiger partial charge on any atom is -0.228 e. The van der Waals surface area contributed by atoms with Crippen LogP contribution in [0.4, 0.5) is 30.7 Å². The van der Waals surface area contributed by atoms with Gasteiger partial charge in [-0.2, -0.15) is 26.3 Å². The van der Waals surface area contributed by atoms with Gasteiger partial charge in [-0.1, -0.05) is 40.2 Å². The molecular formula is C17H13BrF7O4S2. The Kier molecular flexibility index (Phi) is 6.32. The molecule has 0 saturated heterocycles. The summed E-state index contributed by atoms with van der Waals surface area (Å²) < 4.78 is 141. The van der Waals surface area contributed by atoms with Crippen LogP contribution in [0.5, 0.6) is 0 Å². The zero-order valence-corrected chi connectivity index (χ0v) is 18.7. The molecule has 4 nitrogen and oxygen atoms in total. The maximum Gasteiger partial charge on any atom is 0.435 e. The van der Waals surface area contributed by atoms with Gasteiger partial charge < -0.3 is 0 Å². The lowest BCUT2D eigenvalue weighted by Crippen LogP contribution is -2.55. The van der Waals surface area contributed by atoms with E-state index < -0.39 is 63.0 Å². The largest absolute Gasteiger partial charge is 0.435 e. The van der Waals surface area contributed by atoms with Crippen molar-refractivity contribution in [1.82, 2.24) is 0 Å². The molecule has 1 aliphatic rings. The smallest absolute Gasteiger partial charge is 0.228 e. The highest BCUT2D eigenvalue weighted by atomic mass is 79.9. The van der Waals surface area contributed by atoms with E-state index in [2.05, 4.69) is 15.9 Å². The van der Waals surface area contributed by atoms with Gasteiger partial charge in [0.05, 0.1) is 4.90 Å². The number of rotatable bonds is 4. The van der Waals surface area contributed by atoms with Crippen molar-refractivity contribution in [3.8, 4) is 0 Å². The van der Waals surface area contributed by atoms with Crippen LogP contribution in [0.15, 0.2) is 51.4 Å². The van der Waals surface area contributed by atoms with E-state index in [1.54, 1.807) is 0 Å². The Balaban J connectivity index is 3.07. The second-order valence-electron chi connectivity index (χ2n) is 6.76. The summed E-state index contributed by atoms with van der Waals surface area (Å²) >= 11 is 2.64. The highest BCUT2D eigenvalue weighted by Crippen LogP contribution is 2.55. The number of hydrogen-bond acceptors (Lipinski definition) is 4. The molecule has 0 fully saturated rings. The van der Waals surface area contributed by atoms with Crippen LogP contribution < -0.4 is 0 Å². The minimum atomic E-state index is -6.50. The Labute approximate surface area is 181 Å². The molecule has 0 bridgehead atoms. The Morgan fingerprint density at radius 3 is 1.77 bits per heavy atom. The van der Waals surface area contributed by atoms with Crippen LogP contribution in [-0.2, 0) is 24.4 Å². The number of allylic oxidation sites excluding steroid dienone is 3. The van der Waals surface area contributed by atoms with Crippen LogP contribution in [0.2, 0.25) is 0 Å². The van der Waals surface area contributed by atoms with Crippen molar-refractivity contribution >= 4 is 35.6 Å². The number of alkyl halides is 7. The van der Waals surface area contributed by atoms with Crippen molar-refractivity contribution in [1.29, 1.82) is 0 Å². The molecule has 173 valence electrons. The molecule has 1 atom stereocenters. The van der Waals surface area contributed by atoms with Gasteiger partial charge in [0.25, 0.3) is 0 Å². The highest BCUT2D eigenvalue weighted by molar-refractivity contribution is 9.11. The van der Waals surface area contributed by atoms with Gasteiger partial charge >= 0.3 is 18.0 Å². The summed E-state index contributed by atoms with van der Waals surface area (Å²) in [4.78, 5) is -0.669. The first kappa shape index (κ1) is 25.8. The van der Waals surface area contributed by atoms with E-state index in [1.807, 2.05) is 0 Å². The molecule has 0 aliphatic heterocycles. The molecule has 1 radical (unpaired) electrons. The van der Waals surface area contributed by atoms with Crippen LogP contribution in [0, 0.1) is 6.42 Å². The Morgan fingerprint density at radius 1 is 0.871 bits per heavy atom. The van der Waals surface area contributed by atoms with E-state index in [9.17, 15) is 47.6 Å². The summed E-state index contributed by atoms with van der Waals surface area (Å²) in [7, 11) is -8.90. The molecule has 0 aromatic heterocycles. The molecule has 0 saturated carbocycles. The van der Waals surface area contributed by atoms with E-state index in [4.69, 9.17) is 0 Å². The molecule has 0 amide bonds. The topological polar surface area (TPSA) is 68.3 Å². The highest BCUT2D eigenvalue weighted by Gasteiger charge is 2.74. The van der Waals surface area contributed by atoms with Crippen LogP contribution in [0.1, 0.15) is 5.56 Å². The maximum atomic E-state index is 14.7. The van der Waals surface area contributed by atoms with Crippen LogP contribution in [0.3, 0.4) is 0 Å². The number of sulfone groups is 2. The Morgan fingerprint density at radius 2 is 1.35 bits per heavy atom. The quantitative estimate of drug-likeness (QED) is 0.508. The normalized spacial score (nSPS) is 21.5. The second-order valence-corrected chi connectivity index (χ2v) is 11.9. The molecule has 1 aromatic carbocycles. The lowest BCUT2D eigenvalue weighted by atomic mass is 9.82. The summed E-state index contributed by atoms with van der Waals surface area (Å²) in [6.07, 6.45) is -11.1. The van der Waals surface area contributed by atoms with Crippen molar-refractivity contribution < 1.29 is 47.6 Å². The minimum absolute atomic E-state index is 0.0575. The van der Waals surface area contributed by atoms with Gasteiger partial charge in [-0.3, -0.25) is 0 Å². The first-order valence-corrected chi connectivity index (χ1v) is 12.5. The average molecular weight is 558 g/mol. The fourth-order valence-corrected chi connectivity index (χ4v) is 6.12. The van der Waals surface area contributed by atoms with Crippen molar-refractivity contribution in [2.75, 3.05) is 12.5 Å². The Bertz CT molecular complexity index is 1150. The van der Waals surface area contributed by atoms with Crippen molar-refractivity contribution in [2.45, 2.75) is 27.7 Å². The van der Waals surface area contributed by atoms with Crippen molar-refractivity contribution in [2.24, 2.45) is 0 Å². The van der Waals surface area contributed by atoms with Gasteiger partial charge in [0.15, 0.2) is 19.7 Å². The molecule has 1 aliphatic carbocycles. The van der Waals surface area contributed by atoms with E-state index >= 15 is 0 Å².